The van der Waals surface area contributed by atoms with Crippen LogP contribution in [0.4, 0.5) is 0 Å². The second-order valence-electron chi connectivity index (χ2n) is 6.72. The van der Waals surface area contributed by atoms with Gasteiger partial charge < -0.3 is 14.2 Å². The molecule has 2 aromatic heterocycles. The number of furan rings is 1. The van der Waals surface area contributed by atoms with Crippen LogP contribution in [0.3, 0.4) is 0 Å². The summed E-state index contributed by atoms with van der Waals surface area (Å²) in [6.45, 7) is 3.65. The van der Waals surface area contributed by atoms with Gasteiger partial charge in [-0.2, -0.15) is 0 Å². The lowest BCUT2D eigenvalue weighted by molar-refractivity contribution is -0.133. The largest absolute Gasteiger partial charge is 0.459 e. The van der Waals surface area contributed by atoms with Gasteiger partial charge in [-0.25, -0.2) is 4.98 Å². The van der Waals surface area contributed by atoms with Crippen molar-refractivity contribution in [2.45, 2.75) is 24.5 Å². The number of carbonyl (C=O) groups is 2. The van der Waals surface area contributed by atoms with E-state index >= 15 is 0 Å². The molecular formula is C18H20N4O4S. The van der Waals surface area contributed by atoms with Crippen LogP contribution in [-0.4, -0.2) is 63.1 Å². The molecule has 0 spiro atoms. The summed E-state index contributed by atoms with van der Waals surface area (Å²) in [4.78, 5) is 45.2. The molecular weight excluding hydrogens is 368 g/mol. The first kappa shape index (κ1) is 17.8. The maximum Gasteiger partial charge on any atom is 0.289 e. The Labute approximate surface area is 160 Å². The third-order valence-corrected chi connectivity index (χ3v) is 6.07. The van der Waals surface area contributed by atoms with Crippen molar-refractivity contribution in [2.24, 2.45) is 0 Å². The van der Waals surface area contributed by atoms with Crippen LogP contribution in [-0.2, 0) is 4.79 Å². The molecule has 1 saturated heterocycles. The molecule has 8 nitrogen and oxygen atoms in total. The average molecular weight is 388 g/mol. The van der Waals surface area contributed by atoms with E-state index in [-0.39, 0.29) is 29.8 Å². The number of amides is 2. The third kappa shape index (κ3) is 3.39. The highest BCUT2D eigenvalue weighted by atomic mass is 32.2. The van der Waals surface area contributed by atoms with Gasteiger partial charge in [0.2, 0.25) is 5.91 Å². The number of rotatable bonds is 3. The van der Waals surface area contributed by atoms with Gasteiger partial charge in [0.25, 0.3) is 11.5 Å². The normalized spacial score (nSPS) is 19.2. The predicted molar refractivity (Wildman–Crippen MR) is 98.8 cm³/mol. The number of aryl methyl sites for hydroxylation is 1. The summed E-state index contributed by atoms with van der Waals surface area (Å²) in [6.07, 6.45) is 3.33. The lowest BCUT2D eigenvalue weighted by atomic mass is 10.2. The lowest BCUT2D eigenvalue weighted by Crippen LogP contribution is -2.51. The van der Waals surface area contributed by atoms with Crippen molar-refractivity contribution in [1.29, 1.82) is 0 Å². The lowest BCUT2D eigenvalue weighted by Gasteiger charge is -2.34. The van der Waals surface area contributed by atoms with E-state index in [1.165, 1.54) is 18.0 Å². The molecule has 142 valence electrons. The average Bonchev–Trinajstić information content (AvgIpc) is 3.35. The number of piperazine rings is 1. The quantitative estimate of drug-likeness (QED) is 0.734. The Balaban J connectivity index is 1.37. The Kier molecular flexibility index (Phi) is 4.77. The zero-order chi connectivity index (χ0) is 19.0. The van der Waals surface area contributed by atoms with Gasteiger partial charge in [-0.15, -0.1) is 0 Å². The zero-order valence-electron chi connectivity index (χ0n) is 15.0. The Morgan fingerprint density at radius 2 is 2.00 bits per heavy atom. The first-order valence-corrected chi connectivity index (χ1v) is 9.84. The van der Waals surface area contributed by atoms with E-state index in [2.05, 4.69) is 4.98 Å². The van der Waals surface area contributed by atoms with Gasteiger partial charge in [0.1, 0.15) is 0 Å². The van der Waals surface area contributed by atoms with Gasteiger partial charge in [0, 0.05) is 50.1 Å². The molecule has 0 aromatic carbocycles. The molecule has 0 aliphatic carbocycles. The molecule has 27 heavy (non-hydrogen) atoms. The topological polar surface area (TPSA) is 88.7 Å². The molecule has 0 unspecified atom stereocenters. The number of thioether (sulfide) groups is 1. The smallest absolute Gasteiger partial charge is 0.289 e. The van der Waals surface area contributed by atoms with Crippen molar-refractivity contribution in [3.05, 3.63) is 46.3 Å². The van der Waals surface area contributed by atoms with Gasteiger partial charge in [-0.05, 0) is 19.1 Å². The summed E-state index contributed by atoms with van der Waals surface area (Å²) < 4.78 is 6.80. The molecule has 0 N–H and O–H groups in total. The molecule has 4 heterocycles. The fourth-order valence-corrected chi connectivity index (χ4v) is 4.52. The summed E-state index contributed by atoms with van der Waals surface area (Å²) in [6, 6.07) is 3.16. The standard InChI is InChI=1S/C18H20N4O4S/c1-12-10-19-18-22(16(12)24)13(11-27-18)9-15(23)20-4-6-21(7-5-20)17(25)14-3-2-8-26-14/h2-3,8,10,13H,4-7,9,11H2,1H3/t13-/m0/s1. The number of hydrogen-bond donors (Lipinski definition) is 0. The number of fused-ring (bicyclic) bond motifs is 1. The van der Waals surface area contributed by atoms with Crippen LogP contribution < -0.4 is 5.56 Å². The van der Waals surface area contributed by atoms with Gasteiger partial charge in [-0.1, -0.05) is 11.8 Å². The monoisotopic (exact) mass is 388 g/mol. The number of nitrogens with zero attached hydrogens (tertiary/aromatic N) is 4. The Morgan fingerprint density at radius 1 is 1.26 bits per heavy atom. The van der Waals surface area contributed by atoms with Gasteiger partial charge in [0.05, 0.1) is 12.3 Å². The van der Waals surface area contributed by atoms with Crippen LogP contribution in [0.5, 0.6) is 0 Å². The fourth-order valence-electron chi connectivity index (χ4n) is 3.42. The van der Waals surface area contributed by atoms with E-state index in [0.29, 0.717) is 48.4 Å². The number of aromatic nitrogens is 2. The maximum absolute atomic E-state index is 12.7. The van der Waals surface area contributed by atoms with E-state index < -0.39 is 0 Å². The number of hydrogen-bond acceptors (Lipinski definition) is 6. The highest BCUT2D eigenvalue weighted by molar-refractivity contribution is 7.99. The van der Waals surface area contributed by atoms with Gasteiger partial charge >= 0.3 is 0 Å². The summed E-state index contributed by atoms with van der Waals surface area (Å²) >= 11 is 1.51. The van der Waals surface area contributed by atoms with E-state index in [4.69, 9.17) is 4.42 Å². The molecule has 0 saturated carbocycles. The molecule has 1 fully saturated rings. The molecule has 2 aromatic rings. The van der Waals surface area contributed by atoms with Crippen molar-refractivity contribution < 1.29 is 14.0 Å². The Hall–Kier alpha value is -2.55. The van der Waals surface area contributed by atoms with Crippen LogP contribution in [0, 0.1) is 6.92 Å². The first-order valence-electron chi connectivity index (χ1n) is 8.86. The molecule has 2 aliphatic rings. The summed E-state index contributed by atoms with van der Waals surface area (Å²) in [7, 11) is 0. The minimum atomic E-state index is -0.166. The van der Waals surface area contributed by atoms with Gasteiger partial charge in [-0.3, -0.25) is 19.0 Å². The van der Waals surface area contributed by atoms with Crippen LogP contribution in [0.25, 0.3) is 0 Å². The maximum atomic E-state index is 12.7. The first-order chi connectivity index (χ1) is 13.0. The van der Waals surface area contributed by atoms with Crippen molar-refractivity contribution in [1.82, 2.24) is 19.4 Å². The third-order valence-electron chi connectivity index (χ3n) is 4.96. The summed E-state index contributed by atoms with van der Waals surface area (Å²) in [5, 5.41) is 0.678. The van der Waals surface area contributed by atoms with E-state index in [1.54, 1.807) is 39.6 Å². The zero-order valence-corrected chi connectivity index (χ0v) is 15.8. The molecule has 9 heteroatoms. The molecule has 1 atom stereocenters. The molecule has 2 aliphatic heterocycles. The predicted octanol–water partition coefficient (Wildman–Crippen LogP) is 1.17. The van der Waals surface area contributed by atoms with Crippen molar-refractivity contribution in [2.75, 3.05) is 31.9 Å². The number of carbonyl (C=O) groups excluding carboxylic acids is 2. The van der Waals surface area contributed by atoms with E-state index in [9.17, 15) is 14.4 Å². The molecule has 4 rings (SSSR count). The van der Waals surface area contributed by atoms with Crippen LogP contribution in [0.15, 0.2) is 39.0 Å². The summed E-state index contributed by atoms with van der Waals surface area (Å²) in [5.41, 5.74) is 0.514. The second kappa shape index (κ2) is 7.22. The Morgan fingerprint density at radius 3 is 2.70 bits per heavy atom. The second-order valence-corrected chi connectivity index (χ2v) is 7.71. The van der Waals surface area contributed by atoms with Crippen molar-refractivity contribution >= 4 is 23.6 Å². The molecule has 2 amide bonds. The molecule has 0 bridgehead atoms. The minimum Gasteiger partial charge on any atom is -0.459 e. The van der Waals surface area contributed by atoms with E-state index in [0.717, 1.165) is 0 Å². The van der Waals surface area contributed by atoms with Crippen LogP contribution >= 0.6 is 11.8 Å². The van der Waals surface area contributed by atoms with Crippen molar-refractivity contribution in [3.63, 3.8) is 0 Å². The van der Waals surface area contributed by atoms with Crippen LogP contribution in [0.2, 0.25) is 0 Å². The highest BCUT2D eigenvalue weighted by Crippen LogP contribution is 2.32. The minimum absolute atomic E-state index is 0.00644. The highest BCUT2D eigenvalue weighted by Gasteiger charge is 2.31. The van der Waals surface area contributed by atoms with Gasteiger partial charge in [0.15, 0.2) is 10.9 Å². The fraction of sp³-hybridized carbons (Fsp3) is 0.444. The molecule has 0 radical (unpaired) electrons. The summed E-state index contributed by atoms with van der Waals surface area (Å²) in [5.74, 6) is 0.846. The van der Waals surface area contributed by atoms with Crippen LogP contribution in [0.1, 0.15) is 28.6 Å². The van der Waals surface area contributed by atoms with Crippen molar-refractivity contribution in [3.8, 4) is 0 Å². The SMILES string of the molecule is Cc1cnc2n(c1=O)[C@@H](CC(=O)N1CCN(C(=O)c3ccco3)CC1)CS2. The Bertz CT molecular complexity index is 916. The van der Waals surface area contributed by atoms with E-state index in [1.807, 2.05) is 0 Å².